The van der Waals surface area contributed by atoms with Crippen molar-refractivity contribution >= 4 is 40.0 Å². The second-order valence-electron chi connectivity index (χ2n) is 8.14. The number of anilines is 2. The third kappa shape index (κ3) is 4.93. The molecule has 1 unspecified atom stereocenters. The summed E-state index contributed by atoms with van der Waals surface area (Å²) in [7, 11) is 0. The van der Waals surface area contributed by atoms with E-state index >= 15 is 0 Å². The summed E-state index contributed by atoms with van der Waals surface area (Å²) >= 11 is 6.14. The predicted molar refractivity (Wildman–Crippen MR) is 126 cm³/mol. The molecule has 3 heterocycles. The van der Waals surface area contributed by atoms with E-state index in [-0.39, 0.29) is 18.5 Å². The van der Waals surface area contributed by atoms with Crippen molar-refractivity contribution in [2.45, 2.75) is 39.2 Å². The first-order valence-corrected chi connectivity index (χ1v) is 11.3. The molecular formula is C23H29ClN6O. The van der Waals surface area contributed by atoms with Crippen LogP contribution in [-0.4, -0.2) is 58.0 Å². The highest BCUT2D eigenvalue weighted by atomic mass is 35.5. The maximum atomic E-state index is 13.0. The Balaban J connectivity index is 1.46. The third-order valence-corrected chi connectivity index (χ3v) is 5.96. The standard InChI is InChI=1S/C23H29ClN6O/c1-3-8-30(23-20-6-7-25-22(20)27-15-28-23)19-5-4-9-29(14-19)21(31)13-26-18-11-16(2)10-17(24)12-18/h6-7,10-12,15,19,26H,3-5,8-9,13-14H2,1-2H3,(H,25,27,28). The molecule has 1 atom stereocenters. The van der Waals surface area contributed by atoms with Crippen LogP contribution in [0.25, 0.3) is 11.0 Å². The maximum Gasteiger partial charge on any atom is 0.241 e. The Morgan fingerprint density at radius 1 is 1.35 bits per heavy atom. The van der Waals surface area contributed by atoms with Crippen LogP contribution < -0.4 is 10.2 Å². The van der Waals surface area contributed by atoms with E-state index in [9.17, 15) is 4.79 Å². The minimum atomic E-state index is 0.105. The second-order valence-corrected chi connectivity index (χ2v) is 8.57. The highest BCUT2D eigenvalue weighted by Crippen LogP contribution is 2.27. The zero-order valence-corrected chi connectivity index (χ0v) is 18.8. The molecule has 0 aliphatic carbocycles. The molecule has 1 amide bonds. The number of rotatable bonds is 7. The summed E-state index contributed by atoms with van der Waals surface area (Å²) < 4.78 is 0. The largest absolute Gasteiger partial charge is 0.376 e. The second kappa shape index (κ2) is 9.56. The summed E-state index contributed by atoms with van der Waals surface area (Å²) in [5.41, 5.74) is 2.78. The van der Waals surface area contributed by atoms with Gasteiger partial charge in [-0.25, -0.2) is 9.97 Å². The molecule has 0 saturated carbocycles. The van der Waals surface area contributed by atoms with Crippen LogP contribution in [0.3, 0.4) is 0 Å². The molecule has 8 heteroatoms. The van der Waals surface area contributed by atoms with Gasteiger partial charge in [0.15, 0.2) is 0 Å². The number of aryl methyl sites for hydroxylation is 1. The van der Waals surface area contributed by atoms with Crippen LogP contribution in [0.5, 0.6) is 0 Å². The van der Waals surface area contributed by atoms with Crippen LogP contribution in [0, 0.1) is 6.92 Å². The molecule has 0 bridgehead atoms. The first-order valence-electron chi connectivity index (χ1n) is 10.9. The molecule has 1 aromatic carbocycles. The smallest absolute Gasteiger partial charge is 0.241 e. The van der Waals surface area contributed by atoms with E-state index in [1.165, 1.54) is 0 Å². The van der Waals surface area contributed by atoms with Gasteiger partial charge in [0, 0.05) is 42.6 Å². The number of hydrogen-bond donors (Lipinski definition) is 2. The van der Waals surface area contributed by atoms with Crippen LogP contribution in [-0.2, 0) is 4.79 Å². The first-order chi connectivity index (χ1) is 15.0. The van der Waals surface area contributed by atoms with Gasteiger partial charge in [-0.15, -0.1) is 0 Å². The number of nitrogens with zero attached hydrogens (tertiary/aromatic N) is 4. The number of nitrogens with one attached hydrogen (secondary N) is 2. The van der Waals surface area contributed by atoms with Crippen molar-refractivity contribution in [2.24, 2.45) is 0 Å². The minimum Gasteiger partial charge on any atom is -0.376 e. The fraction of sp³-hybridized carbons (Fsp3) is 0.435. The Hall–Kier alpha value is -2.80. The van der Waals surface area contributed by atoms with Crippen LogP contribution in [0.4, 0.5) is 11.5 Å². The van der Waals surface area contributed by atoms with E-state index in [2.05, 4.69) is 32.1 Å². The van der Waals surface area contributed by atoms with Crippen LogP contribution in [0.15, 0.2) is 36.8 Å². The van der Waals surface area contributed by atoms with Crippen molar-refractivity contribution in [3.8, 4) is 0 Å². The zero-order valence-electron chi connectivity index (χ0n) is 18.1. The molecule has 4 rings (SSSR count). The molecule has 1 fully saturated rings. The Morgan fingerprint density at radius 3 is 3.03 bits per heavy atom. The van der Waals surface area contributed by atoms with Gasteiger partial charge >= 0.3 is 0 Å². The summed E-state index contributed by atoms with van der Waals surface area (Å²) in [6.07, 6.45) is 6.54. The normalized spacial score (nSPS) is 16.5. The van der Waals surface area contributed by atoms with Gasteiger partial charge in [0.1, 0.15) is 17.8 Å². The highest BCUT2D eigenvalue weighted by Gasteiger charge is 2.29. The Morgan fingerprint density at radius 2 is 2.23 bits per heavy atom. The van der Waals surface area contributed by atoms with Crippen LogP contribution in [0.2, 0.25) is 5.02 Å². The molecular weight excluding hydrogens is 412 g/mol. The number of carbonyl (C=O) groups is 1. The van der Waals surface area contributed by atoms with Crippen molar-refractivity contribution in [1.82, 2.24) is 19.9 Å². The molecule has 1 saturated heterocycles. The predicted octanol–water partition coefficient (Wildman–Crippen LogP) is 4.24. The number of aromatic nitrogens is 3. The molecule has 0 radical (unpaired) electrons. The lowest BCUT2D eigenvalue weighted by atomic mass is 10.0. The van der Waals surface area contributed by atoms with Gasteiger partial charge < -0.3 is 20.1 Å². The van der Waals surface area contributed by atoms with E-state index in [4.69, 9.17) is 11.6 Å². The van der Waals surface area contributed by atoms with Crippen LogP contribution >= 0.6 is 11.6 Å². The molecule has 0 spiro atoms. The number of fused-ring (bicyclic) bond motifs is 1. The molecule has 2 aromatic heterocycles. The van der Waals surface area contributed by atoms with Crippen molar-refractivity contribution < 1.29 is 4.79 Å². The lowest BCUT2D eigenvalue weighted by Gasteiger charge is -2.40. The van der Waals surface area contributed by atoms with Crippen molar-refractivity contribution in [2.75, 3.05) is 36.4 Å². The lowest BCUT2D eigenvalue weighted by Crippen LogP contribution is -2.51. The van der Waals surface area contributed by atoms with Gasteiger partial charge in [0.05, 0.1) is 11.9 Å². The molecule has 3 aromatic rings. The number of benzene rings is 1. The van der Waals surface area contributed by atoms with Gasteiger partial charge in [-0.3, -0.25) is 4.79 Å². The maximum absolute atomic E-state index is 13.0. The van der Waals surface area contributed by atoms with E-state index < -0.39 is 0 Å². The molecule has 1 aliphatic rings. The number of hydrogen-bond acceptors (Lipinski definition) is 5. The molecule has 31 heavy (non-hydrogen) atoms. The minimum absolute atomic E-state index is 0.105. The van der Waals surface area contributed by atoms with Crippen LogP contribution in [0.1, 0.15) is 31.7 Å². The highest BCUT2D eigenvalue weighted by molar-refractivity contribution is 6.30. The zero-order chi connectivity index (χ0) is 21.8. The van der Waals surface area contributed by atoms with Crippen molar-refractivity contribution in [3.63, 3.8) is 0 Å². The number of aromatic amines is 1. The van der Waals surface area contributed by atoms with Gasteiger partial charge in [-0.1, -0.05) is 18.5 Å². The summed E-state index contributed by atoms with van der Waals surface area (Å²) in [6, 6.07) is 8.01. The number of likely N-dealkylation sites (tertiary alicyclic amines) is 1. The Bertz CT molecular complexity index is 1030. The van der Waals surface area contributed by atoms with E-state index in [1.807, 2.05) is 42.3 Å². The fourth-order valence-corrected chi connectivity index (χ4v) is 4.64. The average molecular weight is 441 g/mol. The van der Waals surface area contributed by atoms with Crippen molar-refractivity contribution in [3.05, 3.63) is 47.4 Å². The molecule has 7 nitrogen and oxygen atoms in total. The molecule has 1 aliphatic heterocycles. The topological polar surface area (TPSA) is 77.2 Å². The summed E-state index contributed by atoms with van der Waals surface area (Å²) in [6.45, 7) is 6.80. The van der Waals surface area contributed by atoms with Crippen molar-refractivity contribution in [1.29, 1.82) is 0 Å². The number of halogens is 1. The van der Waals surface area contributed by atoms with Gasteiger partial charge in [-0.05, 0) is 56.0 Å². The van der Waals surface area contributed by atoms with Gasteiger partial charge in [0.25, 0.3) is 0 Å². The SMILES string of the molecule is CCCN(c1ncnc2[nH]ccc12)C1CCCN(C(=O)CNc2cc(C)cc(Cl)c2)C1. The third-order valence-electron chi connectivity index (χ3n) is 5.75. The number of piperidine rings is 1. The number of amides is 1. The number of H-pyrrole nitrogens is 1. The number of carbonyl (C=O) groups excluding carboxylic acids is 1. The summed E-state index contributed by atoms with van der Waals surface area (Å²) in [5.74, 6) is 1.05. The van der Waals surface area contributed by atoms with Gasteiger partial charge in [-0.2, -0.15) is 0 Å². The Kier molecular flexibility index (Phi) is 6.61. The lowest BCUT2D eigenvalue weighted by molar-refractivity contribution is -0.130. The quantitative estimate of drug-likeness (QED) is 0.574. The van der Waals surface area contributed by atoms with E-state index in [1.54, 1.807) is 6.33 Å². The summed E-state index contributed by atoms with van der Waals surface area (Å²) in [5, 5.41) is 4.93. The molecule has 2 N–H and O–H groups in total. The Labute approximate surface area is 187 Å². The monoisotopic (exact) mass is 440 g/mol. The summed E-state index contributed by atoms with van der Waals surface area (Å²) in [4.78, 5) is 29.4. The van der Waals surface area contributed by atoms with E-state index in [0.717, 1.165) is 60.5 Å². The van der Waals surface area contributed by atoms with Gasteiger partial charge in [0.2, 0.25) is 5.91 Å². The first kappa shape index (κ1) is 21.4. The average Bonchev–Trinajstić information content (AvgIpc) is 3.24. The molecule has 164 valence electrons. The fourth-order valence-electron chi connectivity index (χ4n) is 4.35. The van der Waals surface area contributed by atoms with E-state index in [0.29, 0.717) is 11.6 Å².